The smallest absolute Gasteiger partial charge is 0.256 e. The van der Waals surface area contributed by atoms with Crippen molar-refractivity contribution in [3.63, 3.8) is 0 Å². The number of carbonyl (C=O) groups excluding carboxylic acids is 2. The lowest BCUT2D eigenvalue weighted by atomic mass is 10.1. The minimum Gasteiger partial charge on any atom is -0.322 e. The fraction of sp³-hybridized carbons (Fsp3) is 0. The van der Waals surface area contributed by atoms with E-state index in [0.717, 1.165) is 0 Å². The molecule has 2 aromatic carbocycles. The molecule has 0 aliphatic carbocycles. The summed E-state index contributed by atoms with van der Waals surface area (Å²) in [6.45, 7) is 0. The zero-order valence-corrected chi connectivity index (χ0v) is 10.1. The summed E-state index contributed by atoms with van der Waals surface area (Å²) in [5.41, 5.74) is 1.29. The van der Waals surface area contributed by atoms with Gasteiger partial charge in [0.05, 0.1) is 5.56 Å². The summed E-state index contributed by atoms with van der Waals surface area (Å²) in [4.78, 5) is 22.8. The highest BCUT2D eigenvalue weighted by Crippen LogP contribution is 2.16. The SMILES string of the molecule is O=Cc1ccccc1C(=O)Nc1cccc(Cl)c1. The third kappa shape index (κ3) is 2.76. The van der Waals surface area contributed by atoms with Crippen molar-refractivity contribution in [2.75, 3.05) is 5.32 Å². The first-order valence-corrected chi connectivity index (χ1v) is 5.69. The Kier molecular flexibility index (Phi) is 3.75. The molecule has 0 saturated carbocycles. The van der Waals surface area contributed by atoms with E-state index in [1.54, 1.807) is 48.5 Å². The molecular weight excluding hydrogens is 250 g/mol. The first kappa shape index (κ1) is 12.3. The second-order valence-electron chi connectivity index (χ2n) is 3.67. The van der Waals surface area contributed by atoms with E-state index in [2.05, 4.69) is 5.32 Å². The lowest BCUT2D eigenvalue weighted by Gasteiger charge is -2.07. The van der Waals surface area contributed by atoms with E-state index >= 15 is 0 Å². The molecule has 4 heteroatoms. The number of anilines is 1. The highest BCUT2D eigenvalue weighted by Gasteiger charge is 2.10. The Morgan fingerprint density at radius 2 is 1.89 bits per heavy atom. The Bertz CT molecular complexity index is 596. The number of nitrogens with one attached hydrogen (secondary N) is 1. The Balaban J connectivity index is 2.25. The number of rotatable bonds is 3. The van der Waals surface area contributed by atoms with E-state index in [4.69, 9.17) is 11.6 Å². The fourth-order valence-corrected chi connectivity index (χ4v) is 1.76. The van der Waals surface area contributed by atoms with Crippen LogP contribution in [0.3, 0.4) is 0 Å². The second-order valence-corrected chi connectivity index (χ2v) is 4.11. The number of halogens is 1. The van der Waals surface area contributed by atoms with Crippen LogP contribution >= 0.6 is 11.6 Å². The van der Waals surface area contributed by atoms with Crippen molar-refractivity contribution in [3.8, 4) is 0 Å². The van der Waals surface area contributed by atoms with Crippen LogP contribution in [-0.2, 0) is 0 Å². The number of amides is 1. The normalized spacial score (nSPS) is 9.83. The van der Waals surface area contributed by atoms with Crippen molar-refractivity contribution in [1.29, 1.82) is 0 Å². The summed E-state index contributed by atoms with van der Waals surface area (Å²) in [5, 5.41) is 3.23. The minimum atomic E-state index is -0.333. The van der Waals surface area contributed by atoms with Gasteiger partial charge in [0.1, 0.15) is 0 Å². The molecule has 0 heterocycles. The summed E-state index contributed by atoms with van der Waals surface area (Å²) in [6.07, 6.45) is 0.660. The van der Waals surface area contributed by atoms with E-state index in [0.29, 0.717) is 28.1 Å². The predicted octanol–water partition coefficient (Wildman–Crippen LogP) is 3.40. The quantitative estimate of drug-likeness (QED) is 0.859. The molecule has 0 saturated heterocycles. The molecule has 0 aromatic heterocycles. The maximum Gasteiger partial charge on any atom is 0.256 e. The summed E-state index contributed by atoms with van der Waals surface area (Å²) in [7, 11) is 0. The highest BCUT2D eigenvalue weighted by molar-refractivity contribution is 6.31. The van der Waals surface area contributed by atoms with Gasteiger partial charge in [-0.3, -0.25) is 9.59 Å². The summed E-state index contributed by atoms with van der Waals surface area (Å²) >= 11 is 5.83. The number of benzene rings is 2. The first-order chi connectivity index (χ1) is 8.70. The number of aldehydes is 1. The van der Waals surface area contributed by atoms with Crippen LogP contribution in [0.4, 0.5) is 5.69 Å². The van der Waals surface area contributed by atoms with Crippen molar-refractivity contribution in [3.05, 3.63) is 64.7 Å². The van der Waals surface area contributed by atoms with Crippen molar-refractivity contribution in [2.24, 2.45) is 0 Å². The topological polar surface area (TPSA) is 46.2 Å². The van der Waals surface area contributed by atoms with Crippen LogP contribution in [0.15, 0.2) is 48.5 Å². The molecule has 0 atom stereocenters. The molecule has 0 bridgehead atoms. The van der Waals surface area contributed by atoms with Gasteiger partial charge in [-0.05, 0) is 24.3 Å². The van der Waals surface area contributed by atoms with Gasteiger partial charge in [-0.1, -0.05) is 35.9 Å². The van der Waals surface area contributed by atoms with E-state index < -0.39 is 0 Å². The molecular formula is C14H10ClNO2. The van der Waals surface area contributed by atoms with Crippen molar-refractivity contribution >= 4 is 29.5 Å². The average molecular weight is 260 g/mol. The third-order valence-electron chi connectivity index (χ3n) is 2.41. The summed E-state index contributed by atoms with van der Waals surface area (Å²) in [5.74, 6) is -0.333. The average Bonchev–Trinajstić information content (AvgIpc) is 2.38. The maximum atomic E-state index is 12.0. The Morgan fingerprint density at radius 3 is 2.61 bits per heavy atom. The second kappa shape index (κ2) is 5.47. The van der Waals surface area contributed by atoms with E-state index in [-0.39, 0.29) is 5.91 Å². The van der Waals surface area contributed by atoms with Crippen molar-refractivity contribution in [1.82, 2.24) is 0 Å². The van der Waals surface area contributed by atoms with Crippen molar-refractivity contribution < 1.29 is 9.59 Å². The van der Waals surface area contributed by atoms with Crippen LogP contribution in [0, 0.1) is 0 Å². The molecule has 1 amide bonds. The molecule has 0 fully saturated rings. The molecule has 0 spiro atoms. The number of carbonyl (C=O) groups is 2. The highest BCUT2D eigenvalue weighted by atomic mass is 35.5. The van der Waals surface area contributed by atoms with Gasteiger partial charge in [-0.25, -0.2) is 0 Å². The third-order valence-corrected chi connectivity index (χ3v) is 2.65. The van der Waals surface area contributed by atoms with Crippen LogP contribution in [0.1, 0.15) is 20.7 Å². The van der Waals surface area contributed by atoms with Gasteiger partial charge in [0.25, 0.3) is 5.91 Å². The molecule has 2 rings (SSSR count). The Hall–Kier alpha value is -2.13. The number of hydrogen-bond acceptors (Lipinski definition) is 2. The first-order valence-electron chi connectivity index (χ1n) is 5.32. The van der Waals surface area contributed by atoms with Gasteiger partial charge in [0.15, 0.2) is 6.29 Å². The van der Waals surface area contributed by atoms with Gasteiger partial charge < -0.3 is 5.32 Å². The molecule has 2 aromatic rings. The zero-order chi connectivity index (χ0) is 13.0. The molecule has 0 unspecified atom stereocenters. The Morgan fingerprint density at radius 1 is 1.11 bits per heavy atom. The molecule has 0 aliphatic heterocycles. The van der Waals surface area contributed by atoms with Crippen LogP contribution < -0.4 is 5.32 Å². The van der Waals surface area contributed by atoms with Gasteiger partial charge in [-0.2, -0.15) is 0 Å². The van der Waals surface area contributed by atoms with Crippen LogP contribution in [0.25, 0.3) is 0 Å². The monoisotopic (exact) mass is 259 g/mol. The van der Waals surface area contributed by atoms with Crippen LogP contribution in [-0.4, -0.2) is 12.2 Å². The zero-order valence-electron chi connectivity index (χ0n) is 9.39. The molecule has 18 heavy (non-hydrogen) atoms. The predicted molar refractivity (Wildman–Crippen MR) is 71.2 cm³/mol. The lowest BCUT2D eigenvalue weighted by molar-refractivity contribution is 0.101. The molecule has 0 aliphatic rings. The van der Waals surface area contributed by atoms with Gasteiger partial charge >= 0.3 is 0 Å². The molecule has 0 radical (unpaired) electrons. The van der Waals surface area contributed by atoms with E-state index in [1.807, 2.05) is 0 Å². The maximum absolute atomic E-state index is 12.0. The minimum absolute atomic E-state index is 0.333. The summed E-state index contributed by atoms with van der Waals surface area (Å²) < 4.78 is 0. The van der Waals surface area contributed by atoms with Crippen molar-refractivity contribution in [2.45, 2.75) is 0 Å². The van der Waals surface area contributed by atoms with Gasteiger partial charge in [0, 0.05) is 16.3 Å². The lowest BCUT2D eigenvalue weighted by Crippen LogP contribution is -2.13. The molecule has 1 N–H and O–H groups in total. The standard InChI is InChI=1S/C14H10ClNO2/c15-11-5-3-6-12(8-11)16-14(18)13-7-2-1-4-10(13)9-17/h1-9H,(H,16,18). The van der Waals surface area contributed by atoms with Crippen LogP contribution in [0.2, 0.25) is 5.02 Å². The van der Waals surface area contributed by atoms with E-state index in [9.17, 15) is 9.59 Å². The Labute approximate surface area is 109 Å². The molecule has 3 nitrogen and oxygen atoms in total. The summed E-state index contributed by atoms with van der Waals surface area (Å²) in [6, 6.07) is 13.4. The number of hydrogen-bond donors (Lipinski definition) is 1. The van der Waals surface area contributed by atoms with Gasteiger partial charge in [-0.15, -0.1) is 0 Å². The fourth-order valence-electron chi connectivity index (χ4n) is 1.57. The largest absolute Gasteiger partial charge is 0.322 e. The van der Waals surface area contributed by atoms with E-state index in [1.165, 1.54) is 0 Å². The van der Waals surface area contributed by atoms with Crippen LogP contribution in [0.5, 0.6) is 0 Å². The molecule has 90 valence electrons. The van der Waals surface area contributed by atoms with Gasteiger partial charge in [0.2, 0.25) is 0 Å².